The topological polar surface area (TPSA) is 73.3 Å². The van der Waals surface area contributed by atoms with E-state index in [1.165, 1.54) is 12.8 Å². The molecule has 0 unspecified atom stereocenters. The molecule has 0 aliphatic heterocycles. The molecule has 1 aliphatic rings. The number of carbonyl (C=O) groups excluding carboxylic acids is 1. The Hall–Kier alpha value is -2.47. The van der Waals surface area contributed by atoms with Crippen molar-refractivity contribution in [3.63, 3.8) is 0 Å². The van der Waals surface area contributed by atoms with Crippen LogP contribution >= 0.6 is 0 Å². The molecule has 28 heavy (non-hydrogen) atoms. The smallest absolute Gasteiger partial charge is 0.338 e. The van der Waals surface area contributed by atoms with Gasteiger partial charge < -0.3 is 4.74 Å². The van der Waals surface area contributed by atoms with E-state index >= 15 is 0 Å². The molecule has 0 amide bonds. The van der Waals surface area contributed by atoms with Gasteiger partial charge in [0.05, 0.1) is 22.8 Å². The minimum absolute atomic E-state index is 0.108. The molecule has 1 aliphatic carbocycles. The van der Waals surface area contributed by atoms with E-state index in [0.29, 0.717) is 29.2 Å². The zero-order valence-electron chi connectivity index (χ0n) is 16.0. The Morgan fingerprint density at radius 2 is 1.89 bits per heavy atom. The van der Waals surface area contributed by atoms with Crippen molar-refractivity contribution in [2.24, 2.45) is 5.92 Å². The zero-order chi connectivity index (χ0) is 20.0. The molecule has 148 valence electrons. The van der Waals surface area contributed by atoms with E-state index in [0.717, 1.165) is 12.8 Å². The summed E-state index contributed by atoms with van der Waals surface area (Å²) in [6, 6.07) is 9.95. The van der Waals surface area contributed by atoms with Crippen LogP contribution in [0.25, 0.3) is 5.57 Å². The van der Waals surface area contributed by atoms with E-state index in [9.17, 15) is 13.2 Å². The van der Waals surface area contributed by atoms with Crippen molar-refractivity contribution in [1.82, 2.24) is 4.98 Å². The van der Waals surface area contributed by atoms with Crippen molar-refractivity contribution in [1.29, 1.82) is 0 Å². The number of allylic oxidation sites excluding steroid dienone is 1. The summed E-state index contributed by atoms with van der Waals surface area (Å²) in [5.41, 5.74) is 1.84. The Balaban J connectivity index is 1.85. The lowest BCUT2D eigenvalue weighted by Gasteiger charge is -2.11. The van der Waals surface area contributed by atoms with Crippen molar-refractivity contribution in [3.8, 4) is 0 Å². The van der Waals surface area contributed by atoms with Crippen LogP contribution in [-0.4, -0.2) is 26.0 Å². The predicted octanol–water partition coefficient (Wildman–Crippen LogP) is 4.19. The minimum atomic E-state index is -3.48. The van der Waals surface area contributed by atoms with Gasteiger partial charge in [0.25, 0.3) is 0 Å². The second kappa shape index (κ2) is 9.15. The Kier molecular flexibility index (Phi) is 6.62. The van der Waals surface area contributed by atoms with Crippen molar-refractivity contribution < 1.29 is 17.9 Å². The Morgan fingerprint density at radius 1 is 1.18 bits per heavy atom. The summed E-state index contributed by atoms with van der Waals surface area (Å²) >= 11 is 0. The minimum Gasteiger partial charge on any atom is -0.462 e. The largest absolute Gasteiger partial charge is 0.462 e. The first kappa shape index (κ1) is 20.3. The lowest BCUT2D eigenvalue weighted by molar-refractivity contribution is -0.136. The van der Waals surface area contributed by atoms with E-state index in [2.05, 4.69) is 4.98 Å². The fraction of sp³-hybridized carbons (Fsp3) is 0.364. The molecule has 3 rings (SSSR count). The van der Waals surface area contributed by atoms with Gasteiger partial charge in [-0.3, -0.25) is 4.98 Å². The first-order valence-electron chi connectivity index (χ1n) is 9.60. The van der Waals surface area contributed by atoms with Gasteiger partial charge in [-0.15, -0.1) is 0 Å². The lowest BCUT2D eigenvalue weighted by Crippen LogP contribution is -2.09. The highest BCUT2D eigenvalue weighted by Gasteiger charge is 2.20. The van der Waals surface area contributed by atoms with E-state index in [1.807, 2.05) is 6.08 Å². The first-order valence-corrected chi connectivity index (χ1v) is 11.3. The molecule has 0 N–H and O–H groups in total. The maximum Gasteiger partial charge on any atom is 0.338 e. The van der Waals surface area contributed by atoms with Crippen LogP contribution in [-0.2, 0) is 25.1 Å². The van der Waals surface area contributed by atoms with Crippen LogP contribution in [0.15, 0.2) is 59.8 Å². The van der Waals surface area contributed by atoms with Gasteiger partial charge in [-0.2, -0.15) is 0 Å². The molecule has 1 saturated carbocycles. The van der Waals surface area contributed by atoms with Gasteiger partial charge in [0.15, 0.2) is 9.84 Å². The summed E-state index contributed by atoms with van der Waals surface area (Å²) in [7, 11) is -3.48. The number of hydrogen-bond donors (Lipinski definition) is 0. The summed E-state index contributed by atoms with van der Waals surface area (Å²) in [5, 5.41) is 0. The average molecular weight is 400 g/mol. The Labute approximate surface area is 166 Å². The van der Waals surface area contributed by atoms with Crippen LogP contribution in [0.4, 0.5) is 0 Å². The number of nitrogens with zero attached hydrogens (tertiary/aromatic N) is 1. The molecule has 0 radical (unpaired) electrons. The predicted molar refractivity (Wildman–Crippen MR) is 108 cm³/mol. The van der Waals surface area contributed by atoms with Crippen LogP contribution in [0.5, 0.6) is 0 Å². The summed E-state index contributed by atoms with van der Waals surface area (Å²) < 4.78 is 30.5. The van der Waals surface area contributed by atoms with Gasteiger partial charge in [0.1, 0.15) is 0 Å². The number of ether oxygens (including phenoxy) is 1. The maximum atomic E-state index is 12.7. The van der Waals surface area contributed by atoms with Crippen LogP contribution < -0.4 is 0 Å². The van der Waals surface area contributed by atoms with Gasteiger partial charge in [-0.1, -0.05) is 37.1 Å². The van der Waals surface area contributed by atoms with Gasteiger partial charge in [0, 0.05) is 12.4 Å². The molecule has 1 fully saturated rings. The number of esters is 1. The molecule has 0 atom stereocenters. The monoisotopic (exact) mass is 399 g/mol. The third-order valence-electron chi connectivity index (χ3n) is 4.90. The summed E-state index contributed by atoms with van der Waals surface area (Å²) in [5.74, 6) is -0.100. The van der Waals surface area contributed by atoms with Crippen molar-refractivity contribution in [2.45, 2.75) is 43.3 Å². The summed E-state index contributed by atoms with van der Waals surface area (Å²) in [6.45, 7) is 2.08. The summed E-state index contributed by atoms with van der Waals surface area (Å²) in [4.78, 5) is 16.6. The highest BCUT2D eigenvalue weighted by molar-refractivity contribution is 7.90. The molecule has 1 aromatic heterocycles. The standard InChI is InChI=1S/C22H25NO4S/c1-2-27-22(24)21(14-17-6-3-4-7-17)19-9-11-20(12-10-19)28(25,26)16-18-8-5-13-23-15-18/h5,8-15,17H,2-4,6-7,16H2,1H3. The van der Waals surface area contributed by atoms with Gasteiger partial charge in [-0.25, -0.2) is 13.2 Å². The molecule has 1 aromatic carbocycles. The lowest BCUT2D eigenvalue weighted by atomic mass is 9.99. The number of hydrogen-bond acceptors (Lipinski definition) is 5. The quantitative estimate of drug-likeness (QED) is 0.515. The van der Waals surface area contributed by atoms with E-state index in [4.69, 9.17) is 4.74 Å². The van der Waals surface area contributed by atoms with Gasteiger partial charge >= 0.3 is 5.97 Å². The number of pyridine rings is 1. The number of aromatic nitrogens is 1. The fourth-order valence-corrected chi connectivity index (χ4v) is 4.81. The van der Waals surface area contributed by atoms with Crippen molar-refractivity contribution in [2.75, 3.05) is 6.61 Å². The van der Waals surface area contributed by atoms with Crippen LogP contribution in [0.3, 0.4) is 0 Å². The molecule has 1 heterocycles. The molecular weight excluding hydrogens is 374 g/mol. The van der Waals surface area contributed by atoms with Crippen molar-refractivity contribution >= 4 is 21.4 Å². The zero-order valence-corrected chi connectivity index (χ0v) is 16.8. The van der Waals surface area contributed by atoms with Crippen molar-refractivity contribution in [3.05, 3.63) is 66.0 Å². The van der Waals surface area contributed by atoms with Crippen LogP contribution in [0, 0.1) is 5.92 Å². The summed E-state index contributed by atoms with van der Waals surface area (Å²) in [6.07, 6.45) is 9.63. The number of sulfone groups is 1. The molecule has 2 aromatic rings. The van der Waals surface area contributed by atoms with Gasteiger partial charge in [0.2, 0.25) is 0 Å². The van der Waals surface area contributed by atoms with E-state index in [-0.39, 0.29) is 16.6 Å². The van der Waals surface area contributed by atoms with E-state index in [1.54, 1.807) is 55.7 Å². The van der Waals surface area contributed by atoms with Crippen LogP contribution in [0.2, 0.25) is 0 Å². The molecule has 5 nitrogen and oxygen atoms in total. The fourth-order valence-electron chi connectivity index (χ4n) is 3.48. The Morgan fingerprint density at radius 3 is 2.50 bits per heavy atom. The Bertz CT molecular complexity index is 928. The van der Waals surface area contributed by atoms with E-state index < -0.39 is 9.84 Å². The normalized spacial score (nSPS) is 15.5. The molecule has 0 bridgehead atoms. The average Bonchev–Trinajstić information content (AvgIpc) is 3.20. The third-order valence-corrected chi connectivity index (χ3v) is 6.61. The molecule has 0 spiro atoms. The van der Waals surface area contributed by atoms with Crippen LogP contribution in [0.1, 0.15) is 43.7 Å². The number of benzene rings is 1. The number of carbonyl (C=O) groups is 1. The number of rotatable bonds is 7. The van der Waals surface area contributed by atoms with Gasteiger partial charge in [-0.05, 0) is 55.0 Å². The highest BCUT2D eigenvalue weighted by Crippen LogP contribution is 2.30. The molecule has 6 heteroatoms. The molecule has 0 saturated heterocycles. The first-order chi connectivity index (χ1) is 13.5. The second-order valence-electron chi connectivity index (χ2n) is 6.99. The highest BCUT2D eigenvalue weighted by atomic mass is 32.2. The molecular formula is C22H25NO4S. The SMILES string of the molecule is CCOC(=O)C(=CC1CCCC1)c1ccc(S(=O)(=O)Cc2cccnc2)cc1. The maximum absolute atomic E-state index is 12.7. The third kappa shape index (κ3) is 5.07. The second-order valence-corrected chi connectivity index (χ2v) is 8.98.